The number of carbonyl (C=O) groups is 3. The van der Waals surface area contributed by atoms with E-state index < -0.39 is 6.04 Å². The highest BCUT2D eigenvalue weighted by atomic mass is 16.2. The molecule has 0 aromatic heterocycles. The van der Waals surface area contributed by atoms with Gasteiger partial charge in [-0.1, -0.05) is 31.5 Å². The Labute approximate surface area is 172 Å². The predicted molar refractivity (Wildman–Crippen MR) is 113 cm³/mol. The number of hydrogen-bond donors (Lipinski definition) is 1. The van der Waals surface area contributed by atoms with Crippen LogP contribution in [0.5, 0.6) is 0 Å². The summed E-state index contributed by atoms with van der Waals surface area (Å²) in [6.45, 7) is 5.32. The van der Waals surface area contributed by atoms with Crippen molar-refractivity contribution in [3.8, 4) is 0 Å². The maximum atomic E-state index is 13.1. The molecule has 1 fully saturated rings. The van der Waals surface area contributed by atoms with Gasteiger partial charge in [0.1, 0.15) is 11.8 Å². The Morgan fingerprint density at radius 3 is 2.66 bits per heavy atom. The largest absolute Gasteiger partial charge is 0.356 e. The molecule has 2 unspecified atom stereocenters. The predicted octanol–water partition coefficient (Wildman–Crippen LogP) is 2.37. The van der Waals surface area contributed by atoms with Gasteiger partial charge in [0.05, 0.1) is 11.6 Å². The average molecular weight is 399 g/mol. The van der Waals surface area contributed by atoms with E-state index in [1.807, 2.05) is 30.3 Å². The third-order valence-electron chi connectivity index (χ3n) is 5.56. The van der Waals surface area contributed by atoms with Gasteiger partial charge in [-0.25, -0.2) is 0 Å². The summed E-state index contributed by atoms with van der Waals surface area (Å²) in [4.78, 5) is 39.4. The van der Waals surface area contributed by atoms with Crippen LogP contribution in [-0.2, 0) is 14.4 Å². The number of anilines is 1. The molecule has 0 bridgehead atoms. The van der Waals surface area contributed by atoms with Crippen molar-refractivity contribution >= 4 is 29.0 Å². The van der Waals surface area contributed by atoms with Crippen LogP contribution in [0.2, 0.25) is 0 Å². The molecule has 29 heavy (non-hydrogen) atoms. The van der Waals surface area contributed by atoms with Gasteiger partial charge in [-0.05, 0) is 38.3 Å². The molecule has 1 saturated heterocycles. The van der Waals surface area contributed by atoms with Crippen molar-refractivity contribution in [1.29, 1.82) is 0 Å². The van der Waals surface area contributed by atoms with E-state index in [-0.39, 0.29) is 23.5 Å². The van der Waals surface area contributed by atoms with Gasteiger partial charge in [-0.15, -0.1) is 0 Å². The zero-order valence-electron chi connectivity index (χ0n) is 17.3. The van der Waals surface area contributed by atoms with Crippen LogP contribution in [-0.4, -0.2) is 53.9 Å². The number of amides is 2. The number of para-hydroxylation sites is 1. The monoisotopic (exact) mass is 398 g/mol. The number of benzene rings is 1. The molecular formula is C22H30N4O3. The minimum absolute atomic E-state index is 0.0211. The first-order valence-corrected chi connectivity index (χ1v) is 10.5. The lowest BCUT2D eigenvalue weighted by Gasteiger charge is -2.32. The summed E-state index contributed by atoms with van der Waals surface area (Å²) in [6, 6.07) is 8.96. The molecule has 0 aliphatic carbocycles. The maximum Gasteiger partial charge on any atom is 0.270 e. The van der Waals surface area contributed by atoms with Crippen LogP contribution in [0.3, 0.4) is 0 Å². The number of rotatable bonds is 7. The maximum absolute atomic E-state index is 13.1. The highest BCUT2D eigenvalue weighted by Gasteiger charge is 2.37. The Morgan fingerprint density at radius 1 is 1.21 bits per heavy atom. The average Bonchev–Trinajstić information content (AvgIpc) is 3.20. The van der Waals surface area contributed by atoms with Crippen LogP contribution in [0.4, 0.5) is 5.69 Å². The Balaban J connectivity index is 1.69. The summed E-state index contributed by atoms with van der Waals surface area (Å²) in [7, 11) is 0. The number of nitrogens with one attached hydrogen (secondary N) is 1. The molecule has 1 aromatic carbocycles. The van der Waals surface area contributed by atoms with Gasteiger partial charge in [-0.3, -0.25) is 19.4 Å². The molecule has 3 rings (SSSR count). The molecular weight excluding hydrogens is 368 g/mol. The van der Waals surface area contributed by atoms with E-state index in [9.17, 15) is 14.4 Å². The van der Waals surface area contributed by atoms with Crippen LogP contribution in [0.15, 0.2) is 35.4 Å². The minimum Gasteiger partial charge on any atom is -0.356 e. The molecule has 2 atom stereocenters. The van der Waals surface area contributed by atoms with Gasteiger partial charge in [0.15, 0.2) is 5.78 Å². The van der Waals surface area contributed by atoms with Gasteiger partial charge in [0, 0.05) is 26.1 Å². The number of piperidine rings is 1. The summed E-state index contributed by atoms with van der Waals surface area (Å²) in [5, 5.41) is 9.12. The molecule has 1 aromatic rings. The Hall–Kier alpha value is -2.70. The molecule has 0 radical (unpaired) electrons. The molecule has 0 spiro atoms. The molecule has 0 saturated carbocycles. The normalized spacial score (nSPS) is 21.7. The van der Waals surface area contributed by atoms with E-state index in [1.165, 1.54) is 6.92 Å². The molecule has 156 valence electrons. The lowest BCUT2D eigenvalue weighted by atomic mass is 9.96. The van der Waals surface area contributed by atoms with Crippen molar-refractivity contribution in [3.63, 3.8) is 0 Å². The first kappa shape index (κ1) is 21.0. The Morgan fingerprint density at radius 2 is 1.97 bits per heavy atom. The number of hydrogen-bond acceptors (Lipinski definition) is 5. The highest BCUT2D eigenvalue weighted by molar-refractivity contribution is 6.40. The number of likely N-dealkylation sites (tertiary alicyclic amines) is 1. The summed E-state index contributed by atoms with van der Waals surface area (Å²) >= 11 is 0. The Bertz CT molecular complexity index is 778. The Kier molecular flexibility index (Phi) is 7.01. The van der Waals surface area contributed by atoms with Crippen molar-refractivity contribution in [3.05, 3.63) is 30.3 Å². The fraction of sp³-hybridized carbons (Fsp3) is 0.545. The van der Waals surface area contributed by atoms with Crippen molar-refractivity contribution < 1.29 is 14.4 Å². The lowest BCUT2D eigenvalue weighted by Crippen LogP contribution is -2.47. The molecule has 7 nitrogen and oxygen atoms in total. The van der Waals surface area contributed by atoms with Crippen molar-refractivity contribution in [1.82, 2.24) is 10.2 Å². The smallest absolute Gasteiger partial charge is 0.270 e. The van der Waals surface area contributed by atoms with E-state index in [2.05, 4.69) is 17.3 Å². The van der Waals surface area contributed by atoms with E-state index in [1.54, 1.807) is 9.91 Å². The number of hydrazone groups is 1. The summed E-state index contributed by atoms with van der Waals surface area (Å²) in [5.74, 6) is -0.342. The van der Waals surface area contributed by atoms with Crippen LogP contribution < -0.4 is 10.3 Å². The zero-order chi connectivity index (χ0) is 20.8. The van der Waals surface area contributed by atoms with Gasteiger partial charge in [0.2, 0.25) is 5.91 Å². The topological polar surface area (TPSA) is 82.1 Å². The van der Waals surface area contributed by atoms with Crippen molar-refractivity contribution in [2.75, 3.05) is 24.6 Å². The molecule has 1 N–H and O–H groups in total. The highest BCUT2D eigenvalue weighted by Crippen LogP contribution is 2.26. The molecule has 7 heteroatoms. The second kappa shape index (κ2) is 9.67. The number of Topliss-reactive ketones (excluding diaryl/α,β-unsaturated/α-hetero) is 1. The number of carbonyl (C=O) groups excluding carboxylic acids is 3. The number of ketones is 1. The fourth-order valence-corrected chi connectivity index (χ4v) is 3.87. The fourth-order valence-electron chi connectivity index (χ4n) is 3.87. The summed E-state index contributed by atoms with van der Waals surface area (Å²) < 4.78 is 0. The van der Waals surface area contributed by atoms with Gasteiger partial charge < -0.3 is 10.2 Å². The quantitative estimate of drug-likeness (QED) is 0.715. The second-order valence-corrected chi connectivity index (χ2v) is 7.79. The van der Waals surface area contributed by atoms with Gasteiger partial charge in [-0.2, -0.15) is 5.10 Å². The van der Waals surface area contributed by atoms with Crippen molar-refractivity contribution in [2.45, 2.75) is 52.0 Å². The minimum atomic E-state index is -0.464. The van der Waals surface area contributed by atoms with Crippen LogP contribution >= 0.6 is 0 Å². The van der Waals surface area contributed by atoms with Gasteiger partial charge in [0.25, 0.3) is 5.91 Å². The second-order valence-electron chi connectivity index (χ2n) is 7.79. The third kappa shape index (κ3) is 5.02. The molecule has 2 aliphatic rings. The third-order valence-corrected chi connectivity index (χ3v) is 5.56. The van der Waals surface area contributed by atoms with Crippen LogP contribution in [0.1, 0.15) is 46.0 Å². The molecule has 2 heterocycles. The van der Waals surface area contributed by atoms with Crippen LogP contribution in [0, 0.1) is 5.92 Å². The molecule has 2 aliphatic heterocycles. The lowest BCUT2D eigenvalue weighted by molar-refractivity contribution is -0.131. The summed E-state index contributed by atoms with van der Waals surface area (Å²) in [6.07, 6.45) is 3.88. The van der Waals surface area contributed by atoms with Crippen LogP contribution in [0.25, 0.3) is 0 Å². The zero-order valence-corrected chi connectivity index (χ0v) is 17.3. The summed E-state index contributed by atoms with van der Waals surface area (Å²) in [5.41, 5.74) is 1.18. The number of unbranched alkanes of at least 4 members (excludes halogenated alkanes) is 1. The first-order chi connectivity index (χ1) is 14.0. The molecule has 2 amide bonds. The standard InChI is InChI=1S/C22H30N4O3/c1-3-4-12-23-21(28)17-9-8-13-25(15-17)22(29)19-14-20(16(2)27)26(24-19)18-10-6-5-7-11-18/h5-7,10-11,17,20H,3-4,8-9,12-15H2,1-2H3,(H,23,28). The van der Waals surface area contributed by atoms with Crippen molar-refractivity contribution in [2.24, 2.45) is 11.0 Å². The van der Waals surface area contributed by atoms with Gasteiger partial charge >= 0.3 is 0 Å². The van der Waals surface area contributed by atoms with E-state index >= 15 is 0 Å². The number of nitrogens with zero attached hydrogens (tertiary/aromatic N) is 3. The van der Waals surface area contributed by atoms with E-state index in [4.69, 9.17) is 0 Å². The van der Waals surface area contributed by atoms with E-state index in [0.29, 0.717) is 31.8 Å². The SMILES string of the molecule is CCCCNC(=O)C1CCCN(C(=O)C2=NN(c3ccccc3)C(C(C)=O)C2)C1. The van der Waals surface area contributed by atoms with E-state index in [0.717, 1.165) is 31.4 Å². The first-order valence-electron chi connectivity index (χ1n) is 10.5.